The number of halogens is 3. The van der Waals surface area contributed by atoms with Crippen molar-refractivity contribution < 1.29 is 13.2 Å². The average molecular weight is 375 g/mol. The van der Waals surface area contributed by atoms with Crippen molar-refractivity contribution in [1.29, 1.82) is 0 Å². The molecule has 0 saturated carbocycles. The number of nitrogens with one attached hydrogen (secondary N) is 1. The topological polar surface area (TPSA) is 55.6 Å². The molecule has 0 saturated heterocycles. The van der Waals surface area contributed by atoms with Crippen molar-refractivity contribution in [3.05, 3.63) is 65.5 Å². The Hall–Kier alpha value is -2.90. The predicted molar refractivity (Wildman–Crippen MR) is 96.6 cm³/mol. The van der Waals surface area contributed by atoms with Gasteiger partial charge in [0, 0.05) is 5.69 Å². The minimum absolute atomic E-state index is 0.355. The number of anilines is 1. The number of nitrogens with zero attached hydrogens (tertiary/aromatic N) is 4. The maximum absolute atomic E-state index is 13.0. The van der Waals surface area contributed by atoms with Gasteiger partial charge in [0.15, 0.2) is 5.82 Å². The van der Waals surface area contributed by atoms with E-state index in [1.54, 1.807) is 10.7 Å². The van der Waals surface area contributed by atoms with E-state index in [0.29, 0.717) is 17.9 Å². The molecule has 0 radical (unpaired) electrons. The summed E-state index contributed by atoms with van der Waals surface area (Å²) in [6.45, 7) is 5.75. The summed E-state index contributed by atoms with van der Waals surface area (Å²) in [5.74, 6) is 0.525. The number of hydrogen-bond acceptors (Lipinski definition) is 4. The van der Waals surface area contributed by atoms with Gasteiger partial charge in [-0.2, -0.15) is 17.9 Å². The van der Waals surface area contributed by atoms with E-state index in [0.717, 1.165) is 23.4 Å². The van der Waals surface area contributed by atoms with E-state index in [4.69, 9.17) is 0 Å². The zero-order valence-electron chi connectivity index (χ0n) is 15.2. The second-order valence-corrected chi connectivity index (χ2v) is 6.59. The quantitative estimate of drug-likeness (QED) is 0.701. The van der Waals surface area contributed by atoms with E-state index in [2.05, 4.69) is 20.8 Å². The average Bonchev–Trinajstić information content (AvgIpc) is 3.12. The first-order valence-electron chi connectivity index (χ1n) is 8.55. The van der Waals surface area contributed by atoms with Crippen LogP contribution in [0.5, 0.6) is 0 Å². The third kappa shape index (κ3) is 3.79. The first kappa shape index (κ1) is 18.9. The van der Waals surface area contributed by atoms with Crippen LogP contribution < -0.4 is 5.32 Å². The highest BCUT2D eigenvalue weighted by Gasteiger charge is 2.34. The lowest BCUT2D eigenvalue weighted by Gasteiger charge is -2.30. The number of tetrazole rings is 1. The SMILES string of the molecule is CC[C@@](C)(Nc1cccc(C(F)(F)F)c1)c1nnnn1-c1ccccc1C. The Kier molecular flexibility index (Phi) is 4.91. The summed E-state index contributed by atoms with van der Waals surface area (Å²) in [7, 11) is 0. The van der Waals surface area contributed by atoms with E-state index in [-0.39, 0.29) is 0 Å². The van der Waals surface area contributed by atoms with Crippen LogP contribution in [0.2, 0.25) is 0 Å². The normalized spacial score (nSPS) is 14.0. The van der Waals surface area contributed by atoms with Crippen LogP contribution in [-0.2, 0) is 11.7 Å². The minimum atomic E-state index is -4.40. The Morgan fingerprint density at radius 2 is 1.81 bits per heavy atom. The van der Waals surface area contributed by atoms with Gasteiger partial charge in [-0.3, -0.25) is 0 Å². The molecule has 0 spiro atoms. The third-order valence-corrected chi connectivity index (χ3v) is 4.62. The van der Waals surface area contributed by atoms with Gasteiger partial charge in [-0.25, -0.2) is 0 Å². The Labute approximate surface area is 155 Å². The van der Waals surface area contributed by atoms with Crippen LogP contribution >= 0.6 is 0 Å². The van der Waals surface area contributed by atoms with Crippen molar-refractivity contribution in [3.8, 4) is 5.69 Å². The van der Waals surface area contributed by atoms with Crippen LogP contribution in [0.25, 0.3) is 5.69 Å². The second-order valence-electron chi connectivity index (χ2n) is 6.59. The molecule has 5 nitrogen and oxygen atoms in total. The monoisotopic (exact) mass is 375 g/mol. The zero-order chi connectivity index (χ0) is 19.7. The highest BCUT2D eigenvalue weighted by molar-refractivity contribution is 5.50. The molecule has 3 rings (SSSR count). The lowest BCUT2D eigenvalue weighted by atomic mass is 9.96. The van der Waals surface area contributed by atoms with Gasteiger partial charge in [-0.1, -0.05) is 31.2 Å². The summed E-state index contributed by atoms with van der Waals surface area (Å²) in [5, 5.41) is 15.2. The van der Waals surface area contributed by atoms with E-state index in [1.165, 1.54) is 6.07 Å². The molecule has 0 unspecified atom stereocenters. The third-order valence-electron chi connectivity index (χ3n) is 4.62. The molecule has 0 fully saturated rings. The summed E-state index contributed by atoms with van der Waals surface area (Å²) in [6, 6.07) is 12.8. The van der Waals surface area contributed by atoms with E-state index in [1.807, 2.05) is 45.0 Å². The fourth-order valence-corrected chi connectivity index (χ4v) is 2.89. The lowest BCUT2D eigenvalue weighted by molar-refractivity contribution is -0.137. The van der Waals surface area contributed by atoms with Crippen LogP contribution in [-0.4, -0.2) is 20.2 Å². The van der Waals surface area contributed by atoms with Gasteiger partial charge in [-0.15, -0.1) is 5.10 Å². The predicted octanol–water partition coefficient (Wildman–Crippen LogP) is 4.73. The van der Waals surface area contributed by atoms with Crippen LogP contribution in [0.3, 0.4) is 0 Å². The summed E-state index contributed by atoms with van der Waals surface area (Å²) in [6.07, 6.45) is -3.83. The van der Waals surface area contributed by atoms with Crippen molar-refractivity contribution >= 4 is 5.69 Å². The highest BCUT2D eigenvalue weighted by atomic mass is 19.4. The first-order chi connectivity index (χ1) is 12.7. The van der Waals surface area contributed by atoms with Crippen molar-refractivity contribution in [2.75, 3.05) is 5.32 Å². The maximum atomic E-state index is 13.0. The number of para-hydroxylation sites is 1. The fraction of sp³-hybridized carbons (Fsp3) is 0.316. The minimum Gasteiger partial charge on any atom is -0.373 e. The molecule has 8 heteroatoms. The molecule has 0 aliphatic heterocycles. The number of alkyl halides is 3. The molecular weight excluding hydrogens is 355 g/mol. The molecule has 142 valence electrons. The molecule has 1 aromatic heterocycles. The van der Waals surface area contributed by atoms with Crippen LogP contribution in [0.1, 0.15) is 37.2 Å². The molecule has 0 bridgehead atoms. The summed E-state index contributed by atoms with van der Waals surface area (Å²) in [4.78, 5) is 0. The van der Waals surface area contributed by atoms with Gasteiger partial charge in [0.25, 0.3) is 0 Å². The molecule has 0 aliphatic carbocycles. The van der Waals surface area contributed by atoms with E-state index < -0.39 is 17.3 Å². The Morgan fingerprint density at radius 1 is 1.07 bits per heavy atom. The van der Waals surface area contributed by atoms with Crippen LogP contribution in [0, 0.1) is 6.92 Å². The lowest BCUT2D eigenvalue weighted by Crippen LogP contribution is -2.34. The van der Waals surface area contributed by atoms with Crippen LogP contribution in [0.4, 0.5) is 18.9 Å². The van der Waals surface area contributed by atoms with Crippen molar-refractivity contribution in [2.24, 2.45) is 0 Å². The van der Waals surface area contributed by atoms with E-state index in [9.17, 15) is 13.2 Å². The standard InChI is InChI=1S/C19H20F3N5/c1-4-18(3,23-15-10-7-9-14(12-15)19(20,21)22)17-24-25-26-27(17)16-11-6-5-8-13(16)2/h5-12,23H,4H2,1-3H3/t18-/m1/s1. The Balaban J connectivity index is 2.01. The van der Waals surface area contributed by atoms with Crippen LogP contribution in [0.15, 0.2) is 48.5 Å². The van der Waals surface area contributed by atoms with Crippen molar-refractivity contribution in [3.63, 3.8) is 0 Å². The van der Waals surface area contributed by atoms with Crippen molar-refractivity contribution in [2.45, 2.75) is 38.9 Å². The fourth-order valence-electron chi connectivity index (χ4n) is 2.89. The van der Waals surface area contributed by atoms with Gasteiger partial charge in [0.05, 0.1) is 16.8 Å². The summed E-state index contributed by atoms with van der Waals surface area (Å²) in [5.41, 5.74) is 0.695. The second kappa shape index (κ2) is 7.02. The van der Waals surface area contributed by atoms with Gasteiger partial charge in [0.1, 0.15) is 0 Å². The van der Waals surface area contributed by atoms with Gasteiger partial charge < -0.3 is 5.32 Å². The number of hydrogen-bond donors (Lipinski definition) is 1. The molecule has 0 aliphatic rings. The largest absolute Gasteiger partial charge is 0.416 e. The summed E-state index contributed by atoms with van der Waals surface area (Å²) >= 11 is 0. The number of rotatable bonds is 5. The molecule has 1 N–H and O–H groups in total. The first-order valence-corrected chi connectivity index (χ1v) is 8.55. The molecule has 0 amide bonds. The van der Waals surface area contributed by atoms with Gasteiger partial charge in [-0.05, 0) is 60.5 Å². The number of aromatic nitrogens is 4. The smallest absolute Gasteiger partial charge is 0.373 e. The molecule has 1 heterocycles. The molecule has 27 heavy (non-hydrogen) atoms. The highest BCUT2D eigenvalue weighted by Crippen LogP contribution is 2.34. The Morgan fingerprint density at radius 3 is 2.48 bits per heavy atom. The Bertz CT molecular complexity index is 935. The maximum Gasteiger partial charge on any atom is 0.416 e. The van der Waals surface area contributed by atoms with Gasteiger partial charge in [0.2, 0.25) is 0 Å². The molecule has 3 aromatic rings. The van der Waals surface area contributed by atoms with Crippen molar-refractivity contribution in [1.82, 2.24) is 20.2 Å². The number of benzene rings is 2. The molecule has 1 atom stereocenters. The number of aryl methyl sites for hydroxylation is 1. The molecule has 2 aromatic carbocycles. The van der Waals surface area contributed by atoms with E-state index >= 15 is 0 Å². The zero-order valence-corrected chi connectivity index (χ0v) is 15.2. The summed E-state index contributed by atoms with van der Waals surface area (Å²) < 4.78 is 40.7. The molecular formula is C19H20F3N5. The van der Waals surface area contributed by atoms with Gasteiger partial charge >= 0.3 is 6.18 Å².